The fraction of sp³-hybridized carbons (Fsp3) is 0.278. The number of nitrogens with one attached hydrogen (secondary N) is 1. The maximum Gasteiger partial charge on any atom is 0.407 e. The van der Waals surface area contributed by atoms with Gasteiger partial charge in [-0.2, -0.15) is 4.98 Å². The van der Waals surface area contributed by atoms with Crippen molar-refractivity contribution in [3.05, 3.63) is 53.6 Å². The summed E-state index contributed by atoms with van der Waals surface area (Å²) in [5.41, 5.74) is 1.39. The predicted molar refractivity (Wildman–Crippen MR) is 96.9 cm³/mol. The van der Waals surface area contributed by atoms with Crippen molar-refractivity contribution in [1.82, 2.24) is 19.9 Å². The van der Waals surface area contributed by atoms with Crippen LogP contribution in [0.2, 0.25) is 5.28 Å². The molecule has 1 N–H and O–H groups in total. The fourth-order valence-corrected chi connectivity index (χ4v) is 2.67. The number of rotatable bonds is 3. The molecule has 0 bridgehead atoms. The number of carbonyl (C=O) groups excluding carboxylic acids is 1. The molecule has 0 atom stereocenters. The highest BCUT2D eigenvalue weighted by Gasteiger charge is 2.17. The SMILES string of the molecule is CC(C)(C)OC(=O)NCc1cn(-c2ccnc(Cl)n2)c2ccccc12. The summed E-state index contributed by atoms with van der Waals surface area (Å²) in [6.45, 7) is 5.84. The lowest BCUT2D eigenvalue weighted by molar-refractivity contribution is 0.0524. The van der Waals surface area contributed by atoms with Gasteiger partial charge in [-0.3, -0.25) is 0 Å². The van der Waals surface area contributed by atoms with Gasteiger partial charge in [0, 0.05) is 24.3 Å². The molecule has 0 unspecified atom stereocenters. The number of para-hydroxylation sites is 1. The molecule has 3 rings (SSSR count). The Morgan fingerprint density at radius 1 is 1.28 bits per heavy atom. The fourth-order valence-electron chi connectivity index (χ4n) is 2.52. The van der Waals surface area contributed by atoms with Gasteiger partial charge in [0.2, 0.25) is 5.28 Å². The monoisotopic (exact) mass is 358 g/mol. The minimum Gasteiger partial charge on any atom is -0.444 e. The molecule has 1 aromatic carbocycles. The van der Waals surface area contributed by atoms with Crippen LogP contribution < -0.4 is 5.32 Å². The Morgan fingerprint density at radius 2 is 2.04 bits per heavy atom. The van der Waals surface area contributed by atoms with E-state index in [0.29, 0.717) is 12.4 Å². The van der Waals surface area contributed by atoms with Crippen molar-refractivity contribution in [3.8, 4) is 5.82 Å². The summed E-state index contributed by atoms with van der Waals surface area (Å²) in [6, 6.07) is 9.68. The third kappa shape index (κ3) is 4.09. The molecule has 0 aliphatic carbocycles. The number of nitrogens with zero attached hydrogens (tertiary/aromatic N) is 3. The van der Waals surface area contributed by atoms with Gasteiger partial charge in [-0.25, -0.2) is 9.78 Å². The van der Waals surface area contributed by atoms with Crippen LogP contribution in [0.5, 0.6) is 0 Å². The summed E-state index contributed by atoms with van der Waals surface area (Å²) in [5, 5.41) is 4.00. The van der Waals surface area contributed by atoms with E-state index in [-0.39, 0.29) is 5.28 Å². The first-order chi connectivity index (χ1) is 11.8. The van der Waals surface area contributed by atoms with Gasteiger partial charge in [0.1, 0.15) is 11.4 Å². The number of aromatic nitrogens is 3. The second-order valence-electron chi connectivity index (χ2n) is 6.58. The minimum atomic E-state index is -0.532. The molecule has 2 aromatic heterocycles. The average molecular weight is 359 g/mol. The summed E-state index contributed by atoms with van der Waals surface area (Å²) >= 11 is 5.91. The van der Waals surface area contributed by atoms with Gasteiger partial charge in [-0.1, -0.05) is 18.2 Å². The van der Waals surface area contributed by atoms with Crippen LogP contribution >= 0.6 is 11.6 Å². The van der Waals surface area contributed by atoms with E-state index in [2.05, 4.69) is 15.3 Å². The lowest BCUT2D eigenvalue weighted by Gasteiger charge is -2.19. The summed E-state index contributed by atoms with van der Waals surface area (Å²) in [6.07, 6.45) is 3.09. The number of ether oxygens (including phenoxy) is 1. The topological polar surface area (TPSA) is 69.0 Å². The molecule has 1 amide bonds. The minimum absolute atomic E-state index is 0.184. The van der Waals surface area contributed by atoms with Gasteiger partial charge in [-0.05, 0) is 50.1 Å². The number of halogens is 1. The molecule has 0 spiro atoms. The number of fused-ring (bicyclic) bond motifs is 1. The molecular formula is C18H19ClN4O2. The van der Waals surface area contributed by atoms with E-state index in [9.17, 15) is 4.79 Å². The molecule has 6 nitrogen and oxygen atoms in total. The number of hydrogen-bond acceptors (Lipinski definition) is 4. The Kier molecular flexibility index (Phi) is 4.63. The molecule has 0 aliphatic heterocycles. The summed E-state index contributed by atoms with van der Waals surface area (Å²) < 4.78 is 7.21. The van der Waals surface area contributed by atoms with Crippen molar-refractivity contribution in [3.63, 3.8) is 0 Å². The highest BCUT2D eigenvalue weighted by Crippen LogP contribution is 2.24. The molecule has 130 valence electrons. The largest absolute Gasteiger partial charge is 0.444 e. The lowest BCUT2D eigenvalue weighted by Crippen LogP contribution is -2.32. The molecular weight excluding hydrogens is 340 g/mol. The Labute approximate surface area is 150 Å². The number of carbonyl (C=O) groups is 1. The van der Waals surface area contributed by atoms with E-state index in [1.807, 2.05) is 55.8 Å². The van der Waals surface area contributed by atoms with Crippen LogP contribution in [0.4, 0.5) is 4.79 Å². The van der Waals surface area contributed by atoms with Crippen LogP contribution in [0, 0.1) is 0 Å². The Balaban J connectivity index is 1.91. The van der Waals surface area contributed by atoms with Gasteiger partial charge in [0.15, 0.2) is 0 Å². The van der Waals surface area contributed by atoms with Crippen molar-refractivity contribution in [1.29, 1.82) is 0 Å². The zero-order chi connectivity index (χ0) is 18.0. The maximum absolute atomic E-state index is 11.9. The smallest absolute Gasteiger partial charge is 0.407 e. The van der Waals surface area contributed by atoms with Crippen molar-refractivity contribution >= 4 is 28.6 Å². The van der Waals surface area contributed by atoms with Crippen LogP contribution in [-0.4, -0.2) is 26.2 Å². The molecule has 2 heterocycles. The Hall–Kier alpha value is -2.60. The second kappa shape index (κ2) is 6.72. The van der Waals surface area contributed by atoms with Crippen molar-refractivity contribution in [2.24, 2.45) is 0 Å². The molecule has 25 heavy (non-hydrogen) atoms. The molecule has 0 saturated heterocycles. The summed E-state index contributed by atoms with van der Waals surface area (Å²) in [4.78, 5) is 20.1. The van der Waals surface area contributed by atoms with Crippen molar-refractivity contribution in [2.45, 2.75) is 32.9 Å². The third-order valence-corrected chi connectivity index (χ3v) is 3.66. The van der Waals surface area contributed by atoms with E-state index < -0.39 is 11.7 Å². The Morgan fingerprint density at radius 3 is 2.76 bits per heavy atom. The van der Waals surface area contributed by atoms with E-state index in [1.165, 1.54) is 0 Å². The molecule has 0 radical (unpaired) electrons. The summed E-state index contributed by atoms with van der Waals surface area (Å²) in [5.74, 6) is 0.666. The molecule has 0 saturated carbocycles. The van der Waals surface area contributed by atoms with Gasteiger partial charge >= 0.3 is 6.09 Å². The first-order valence-electron chi connectivity index (χ1n) is 7.88. The zero-order valence-electron chi connectivity index (χ0n) is 14.3. The van der Waals surface area contributed by atoms with E-state index in [4.69, 9.17) is 16.3 Å². The molecule has 0 aliphatic rings. The molecule has 0 fully saturated rings. The predicted octanol–water partition coefficient (Wildman–Crippen LogP) is 4.10. The van der Waals surface area contributed by atoms with Crippen LogP contribution in [0.25, 0.3) is 16.7 Å². The highest BCUT2D eigenvalue weighted by molar-refractivity contribution is 6.28. The van der Waals surface area contributed by atoms with Gasteiger partial charge in [0.05, 0.1) is 5.52 Å². The van der Waals surface area contributed by atoms with Crippen LogP contribution in [0.15, 0.2) is 42.7 Å². The third-order valence-electron chi connectivity index (χ3n) is 3.47. The van der Waals surface area contributed by atoms with Crippen LogP contribution in [0.3, 0.4) is 0 Å². The first kappa shape index (κ1) is 17.2. The lowest BCUT2D eigenvalue weighted by atomic mass is 10.2. The number of alkyl carbamates (subject to hydrolysis) is 1. The Bertz CT molecular complexity index is 915. The normalized spacial score (nSPS) is 11.5. The number of hydrogen-bond donors (Lipinski definition) is 1. The highest BCUT2D eigenvalue weighted by atomic mass is 35.5. The molecule has 3 aromatic rings. The van der Waals surface area contributed by atoms with Crippen LogP contribution in [-0.2, 0) is 11.3 Å². The quantitative estimate of drug-likeness (QED) is 0.716. The van der Waals surface area contributed by atoms with Crippen molar-refractivity contribution in [2.75, 3.05) is 0 Å². The van der Waals surface area contributed by atoms with Crippen LogP contribution in [0.1, 0.15) is 26.3 Å². The first-order valence-corrected chi connectivity index (χ1v) is 8.26. The van der Waals surface area contributed by atoms with Gasteiger partial charge in [0.25, 0.3) is 0 Å². The van der Waals surface area contributed by atoms with Crippen molar-refractivity contribution < 1.29 is 9.53 Å². The summed E-state index contributed by atoms with van der Waals surface area (Å²) in [7, 11) is 0. The van der Waals surface area contributed by atoms with Gasteiger partial charge in [-0.15, -0.1) is 0 Å². The van der Waals surface area contributed by atoms with Gasteiger partial charge < -0.3 is 14.6 Å². The zero-order valence-corrected chi connectivity index (χ0v) is 15.0. The van der Waals surface area contributed by atoms with E-state index >= 15 is 0 Å². The average Bonchev–Trinajstić information content (AvgIpc) is 2.90. The van der Waals surface area contributed by atoms with E-state index in [1.54, 1.807) is 12.3 Å². The maximum atomic E-state index is 11.9. The second-order valence-corrected chi connectivity index (χ2v) is 6.92. The number of amides is 1. The standard InChI is InChI=1S/C18H19ClN4O2/c1-18(2,3)25-17(24)21-10-12-11-23(14-7-5-4-6-13(12)14)15-8-9-20-16(19)22-15/h4-9,11H,10H2,1-3H3,(H,21,24). The molecule has 7 heteroatoms. The number of benzene rings is 1. The van der Waals surface area contributed by atoms with E-state index in [0.717, 1.165) is 16.5 Å².